The van der Waals surface area contributed by atoms with Crippen LogP contribution in [0.2, 0.25) is 0 Å². The minimum Gasteiger partial charge on any atom is -0.371 e. The van der Waals surface area contributed by atoms with E-state index < -0.39 is 0 Å². The highest BCUT2D eigenvalue weighted by Gasteiger charge is 2.38. The van der Waals surface area contributed by atoms with Crippen LogP contribution in [-0.4, -0.2) is 25.8 Å². The molecular weight excluding hydrogens is 258 g/mol. The minimum absolute atomic E-state index is 0. The summed E-state index contributed by atoms with van der Waals surface area (Å²) in [6, 6.07) is 8.81. The average Bonchev–Trinajstić information content (AvgIpc) is 2.77. The highest BCUT2D eigenvalue weighted by molar-refractivity contribution is 5.85. The van der Waals surface area contributed by atoms with Crippen molar-refractivity contribution in [3.05, 3.63) is 41.0 Å². The molecule has 19 heavy (non-hydrogen) atoms. The molecule has 0 radical (unpaired) electrons. The monoisotopic (exact) mass is 279 g/mol. The van der Waals surface area contributed by atoms with E-state index in [1.165, 1.54) is 16.7 Å². The Balaban J connectivity index is 0.00000133. The number of benzene rings is 1. The van der Waals surface area contributed by atoms with Crippen molar-refractivity contribution in [2.45, 2.75) is 31.8 Å². The van der Waals surface area contributed by atoms with Gasteiger partial charge < -0.3 is 10.1 Å². The first-order chi connectivity index (χ1) is 8.74. The van der Waals surface area contributed by atoms with Crippen LogP contribution in [0, 0.1) is 0 Å². The summed E-state index contributed by atoms with van der Waals surface area (Å²) in [7, 11) is 2.00. The molecule has 104 valence electrons. The van der Waals surface area contributed by atoms with Gasteiger partial charge in [0.05, 0.1) is 12.2 Å². The predicted molar refractivity (Wildman–Crippen MR) is 81.8 cm³/mol. The van der Waals surface area contributed by atoms with E-state index in [1.807, 2.05) is 7.05 Å². The largest absolute Gasteiger partial charge is 0.371 e. The molecule has 1 aromatic carbocycles. The van der Waals surface area contributed by atoms with Crippen molar-refractivity contribution in [1.82, 2.24) is 5.32 Å². The number of rotatable bonds is 3. The molecule has 0 saturated carbocycles. The Hall–Kier alpha value is -0.830. The van der Waals surface area contributed by atoms with E-state index >= 15 is 0 Å². The van der Waals surface area contributed by atoms with Crippen molar-refractivity contribution in [3.63, 3.8) is 0 Å². The summed E-state index contributed by atoms with van der Waals surface area (Å²) in [5.41, 5.74) is 5.94. The second kappa shape index (κ2) is 5.66. The zero-order valence-electron chi connectivity index (χ0n) is 11.7. The van der Waals surface area contributed by atoms with Gasteiger partial charge in [0.2, 0.25) is 0 Å². The number of hydrogen-bond acceptors (Lipinski definition) is 2. The molecule has 2 aliphatic rings. The lowest BCUT2D eigenvalue weighted by Gasteiger charge is -2.36. The molecule has 0 aromatic heterocycles. The van der Waals surface area contributed by atoms with Crippen LogP contribution in [-0.2, 0) is 11.2 Å². The molecular formula is C16H22ClNO. The fourth-order valence-electron chi connectivity index (χ4n) is 3.27. The van der Waals surface area contributed by atoms with Crippen LogP contribution in [0.15, 0.2) is 29.8 Å². The van der Waals surface area contributed by atoms with E-state index in [2.05, 4.69) is 36.5 Å². The lowest BCUT2D eigenvalue weighted by atomic mass is 9.85. The number of nitrogens with one attached hydrogen (secondary N) is 1. The fourth-order valence-corrected chi connectivity index (χ4v) is 3.27. The number of halogens is 1. The molecule has 2 nitrogen and oxygen atoms in total. The van der Waals surface area contributed by atoms with E-state index in [4.69, 9.17) is 4.74 Å². The number of ether oxygens (including phenoxy) is 1. The van der Waals surface area contributed by atoms with Gasteiger partial charge in [-0.15, -0.1) is 12.4 Å². The first kappa shape index (κ1) is 14.6. The standard InChI is InChI=1S/C16H21NO.ClH/c1-16(8-9-17-2)15-11-12-5-3-4-6-13(12)14(15)7-10-18-16;/h3-6,17H,7-11H2,1-2H3;1H. The van der Waals surface area contributed by atoms with Gasteiger partial charge in [-0.25, -0.2) is 0 Å². The van der Waals surface area contributed by atoms with Crippen molar-refractivity contribution in [2.24, 2.45) is 0 Å². The first-order valence-corrected chi connectivity index (χ1v) is 6.84. The Labute approximate surface area is 121 Å². The minimum atomic E-state index is -0.0738. The summed E-state index contributed by atoms with van der Waals surface area (Å²) in [4.78, 5) is 0. The van der Waals surface area contributed by atoms with Gasteiger partial charge in [0.1, 0.15) is 0 Å². The molecule has 1 atom stereocenters. The van der Waals surface area contributed by atoms with E-state index in [-0.39, 0.29) is 18.0 Å². The maximum Gasteiger partial charge on any atom is 0.0884 e. The highest BCUT2D eigenvalue weighted by Crippen LogP contribution is 2.45. The van der Waals surface area contributed by atoms with Gasteiger partial charge in [0.25, 0.3) is 0 Å². The molecule has 1 unspecified atom stereocenters. The van der Waals surface area contributed by atoms with Gasteiger partial charge in [-0.1, -0.05) is 24.3 Å². The van der Waals surface area contributed by atoms with E-state index in [0.717, 1.165) is 32.4 Å². The van der Waals surface area contributed by atoms with E-state index in [9.17, 15) is 0 Å². The molecule has 1 N–H and O–H groups in total. The molecule has 1 heterocycles. The predicted octanol–water partition coefficient (Wildman–Crippen LogP) is 3.21. The number of hydrogen-bond donors (Lipinski definition) is 1. The summed E-state index contributed by atoms with van der Waals surface area (Å²) < 4.78 is 6.11. The first-order valence-electron chi connectivity index (χ1n) is 6.84. The maximum absolute atomic E-state index is 6.11. The Morgan fingerprint density at radius 2 is 2.11 bits per heavy atom. The van der Waals surface area contributed by atoms with Crippen molar-refractivity contribution in [2.75, 3.05) is 20.2 Å². The third-order valence-electron chi connectivity index (χ3n) is 4.34. The molecule has 0 spiro atoms. The summed E-state index contributed by atoms with van der Waals surface area (Å²) in [6.45, 7) is 4.11. The highest BCUT2D eigenvalue weighted by atomic mass is 35.5. The second-order valence-corrected chi connectivity index (χ2v) is 5.47. The Morgan fingerprint density at radius 1 is 1.32 bits per heavy atom. The van der Waals surface area contributed by atoms with E-state index in [1.54, 1.807) is 5.57 Å². The Morgan fingerprint density at radius 3 is 2.89 bits per heavy atom. The second-order valence-electron chi connectivity index (χ2n) is 5.47. The lowest BCUT2D eigenvalue weighted by Crippen LogP contribution is -2.38. The van der Waals surface area contributed by atoms with Crippen LogP contribution in [0.5, 0.6) is 0 Å². The van der Waals surface area contributed by atoms with Crippen LogP contribution in [0.3, 0.4) is 0 Å². The molecule has 1 aliphatic carbocycles. The topological polar surface area (TPSA) is 21.3 Å². The van der Waals surface area contributed by atoms with Crippen LogP contribution in [0.25, 0.3) is 5.57 Å². The summed E-state index contributed by atoms with van der Waals surface area (Å²) in [5.74, 6) is 0. The van der Waals surface area contributed by atoms with Crippen molar-refractivity contribution >= 4 is 18.0 Å². The molecule has 3 rings (SSSR count). The third kappa shape index (κ3) is 2.45. The van der Waals surface area contributed by atoms with Gasteiger partial charge >= 0.3 is 0 Å². The fraction of sp³-hybridized carbons (Fsp3) is 0.500. The summed E-state index contributed by atoms with van der Waals surface area (Å²) in [6.07, 6.45) is 3.20. The van der Waals surface area contributed by atoms with Crippen LogP contribution in [0.4, 0.5) is 0 Å². The average molecular weight is 280 g/mol. The van der Waals surface area contributed by atoms with Gasteiger partial charge in [-0.3, -0.25) is 0 Å². The van der Waals surface area contributed by atoms with Crippen LogP contribution >= 0.6 is 12.4 Å². The van der Waals surface area contributed by atoms with Gasteiger partial charge in [0.15, 0.2) is 0 Å². The molecule has 0 saturated heterocycles. The van der Waals surface area contributed by atoms with Gasteiger partial charge in [0, 0.05) is 0 Å². The third-order valence-corrected chi connectivity index (χ3v) is 4.34. The van der Waals surface area contributed by atoms with E-state index in [0.29, 0.717) is 0 Å². The Bertz CT molecular complexity index is 497. The Kier molecular flexibility index (Phi) is 4.34. The van der Waals surface area contributed by atoms with Crippen molar-refractivity contribution in [1.29, 1.82) is 0 Å². The maximum atomic E-state index is 6.11. The SMILES string of the molecule is CNCCC1(C)OCCC2=C1Cc1ccccc12.Cl. The summed E-state index contributed by atoms with van der Waals surface area (Å²) >= 11 is 0. The zero-order chi connectivity index (χ0) is 12.6. The van der Waals surface area contributed by atoms with Crippen LogP contribution in [0.1, 0.15) is 30.9 Å². The lowest BCUT2D eigenvalue weighted by molar-refractivity contribution is -0.0138. The van der Waals surface area contributed by atoms with Crippen molar-refractivity contribution in [3.8, 4) is 0 Å². The molecule has 1 aliphatic heterocycles. The zero-order valence-corrected chi connectivity index (χ0v) is 12.5. The summed E-state index contributed by atoms with van der Waals surface area (Å²) in [5, 5.41) is 3.24. The number of fused-ring (bicyclic) bond motifs is 2. The molecule has 1 aromatic rings. The van der Waals surface area contributed by atoms with Gasteiger partial charge in [-0.05, 0) is 62.1 Å². The van der Waals surface area contributed by atoms with Crippen LogP contribution < -0.4 is 5.32 Å². The van der Waals surface area contributed by atoms with Crippen molar-refractivity contribution < 1.29 is 4.74 Å². The van der Waals surface area contributed by atoms with Gasteiger partial charge in [-0.2, -0.15) is 0 Å². The molecule has 0 bridgehead atoms. The molecule has 3 heteroatoms. The normalized spacial score (nSPS) is 24.7. The molecule has 0 amide bonds. The molecule has 0 fully saturated rings. The smallest absolute Gasteiger partial charge is 0.0884 e. The quantitative estimate of drug-likeness (QED) is 0.917.